The second-order valence-corrected chi connectivity index (χ2v) is 6.33. The molecule has 0 atom stereocenters. The average molecular weight is 376 g/mol. The van der Waals surface area contributed by atoms with E-state index in [9.17, 15) is 14.9 Å². The van der Waals surface area contributed by atoms with E-state index in [2.05, 4.69) is 15.1 Å². The number of nitro benzene ring substituents is 1. The lowest BCUT2D eigenvalue weighted by molar-refractivity contribution is -0.384. The van der Waals surface area contributed by atoms with Crippen LogP contribution >= 0.6 is 0 Å². The number of anilines is 1. The maximum absolute atomic E-state index is 11.9. The quantitative estimate of drug-likeness (QED) is 0.423. The Kier molecular flexibility index (Phi) is 4.32. The van der Waals surface area contributed by atoms with Crippen LogP contribution in [0.25, 0.3) is 16.6 Å². The number of benzene rings is 2. The fourth-order valence-electron chi connectivity index (χ4n) is 3.07. The van der Waals surface area contributed by atoms with E-state index in [4.69, 9.17) is 0 Å². The van der Waals surface area contributed by atoms with Crippen LogP contribution in [0.2, 0.25) is 0 Å². The van der Waals surface area contributed by atoms with E-state index in [0.717, 1.165) is 11.3 Å². The Bertz CT molecular complexity index is 1220. The molecule has 2 heterocycles. The number of rotatable bonds is 5. The van der Waals surface area contributed by atoms with Crippen LogP contribution < -0.4 is 10.5 Å². The van der Waals surface area contributed by atoms with Crippen molar-refractivity contribution in [2.24, 2.45) is 0 Å². The molecule has 4 aromatic rings. The molecule has 0 amide bonds. The minimum absolute atomic E-state index is 0.149. The van der Waals surface area contributed by atoms with Crippen LogP contribution in [0.15, 0.2) is 66.0 Å². The number of nitrogens with zero attached hydrogens (tertiary/aromatic N) is 5. The molecule has 28 heavy (non-hydrogen) atoms. The second kappa shape index (κ2) is 6.95. The summed E-state index contributed by atoms with van der Waals surface area (Å²) in [5, 5.41) is 16.1. The normalized spacial score (nSPS) is 10.9. The number of fused-ring (bicyclic) bond motifs is 1. The van der Waals surface area contributed by atoms with Crippen molar-refractivity contribution in [3.05, 3.63) is 87.2 Å². The van der Waals surface area contributed by atoms with E-state index in [0.29, 0.717) is 17.7 Å². The first kappa shape index (κ1) is 17.4. The molecular formula is C19H16N6O3. The van der Waals surface area contributed by atoms with E-state index in [-0.39, 0.29) is 11.1 Å². The monoisotopic (exact) mass is 376 g/mol. The smallest absolute Gasteiger partial charge is 0.293 e. The van der Waals surface area contributed by atoms with E-state index < -0.39 is 10.5 Å². The van der Waals surface area contributed by atoms with E-state index in [1.807, 2.05) is 36.5 Å². The number of para-hydroxylation sites is 1. The van der Waals surface area contributed by atoms with Gasteiger partial charge in [0.15, 0.2) is 0 Å². The third-order valence-corrected chi connectivity index (χ3v) is 4.42. The van der Waals surface area contributed by atoms with Crippen molar-refractivity contribution in [1.82, 2.24) is 19.7 Å². The molecule has 0 aliphatic rings. The van der Waals surface area contributed by atoms with Gasteiger partial charge in [-0.05, 0) is 18.2 Å². The van der Waals surface area contributed by atoms with Gasteiger partial charge in [-0.3, -0.25) is 14.9 Å². The van der Waals surface area contributed by atoms with Gasteiger partial charge in [0.2, 0.25) is 0 Å². The van der Waals surface area contributed by atoms with Crippen LogP contribution in [-0.2, 0) is 6.54 Å². The zero-order chi connectivity index (χ0) is 19.7. The molecule has 0 bridgehead atoms. The van der Waals surface area contributed by atoms with Gasteiger partial charge in [-0.1, -0.05) is 18.2 Å². The zero-order valence-corrected chi connectivity index (χ0v) is 14.9. The topological polar surface area (TPSA) is 110 Å². The summed E-state index contributed by atoms with van der Waals surface area (Å²) in [5.74, 6) is 0. The van der Waals surface area contributed by atoms with Gasteiger partial charge < -0.3 is 9.88 Å². The van der Waals surface area contributed by atoms with Gasteiger partial charge in [-0.15, -0.1) is 0 Å². The average Bonchev–Trinajstić information content (AvgIpc) is 3.16. The van der Waals surface area contributed by atoms with Gasteiger partial charge in [0, 0.05) is 31.4 Å². The summed E-state index contributed by atoms with van der Waals surface area (Å²) in [7, 11) is 1.75. The van der Waals surface area contributed by atoms with Crippen LogP contribution in [0, 0.1) is 10.1 Å². The Labute approximate surface area is 159 Å². The molecule has 0 saturated carbocycles. The Balaban J connectivity index is 1.68. The molecule has 9 heteroatoms. The number of nitrogens with one attached hydrogen (secondary N) is 1. The van der Waals surface area contributed by atoms with Crippen molar-refractivity contribution in [1.29, 1.82) is 0 Å². The molecule has 0 fully saturated rings. The highest BCUT2D eigenvalue weighted by molar-refractivity contribution is 5.86. The van der Waals surface area contributed by atoms with Gasteiger partial charge in [0.1, 0.15) is 5.69 Å². The Hall–Kier alpha value is -4.01. The summed E-state index contributed by atoms with van der Waals surface area (Å²) in [6, 6.07) is 12.5. The molecule has 0 unspecified atom stereocenters. The molecule has 2 aromatic carbocycles. The molecule has 0 aliphatic heterocycles. The standard InChI is InChI=1S/C19H16N6O3/c1-23(10-13-9-22-24(11-13)14-5-3-2-4-6-14)17-8-16-15(7-18(17)25(27)28)19(26)21-12-20-16/h2-9,11-12H,10H2,1H3,(H,20,21,26). The van der Waals surface area contributed by atoms with Crippen LogP contribution in [0.4, 0.5) is 11.4 Å². The molecule has 9 nitrogen and oxygen atoms in total. The number of nitro groups is 1. The molecule has 2 aromatic heterocycles. The van der Waals surface area contributed by atoms with E-state index in [1.165, 1.54) is 12.4 Å². The Morgan fingerprint density at radius 3 is 2.79 bits per heavy atom. The fraction of sp³-hybridized carbons (Fsp3) is 0.105. The minimum Gasteiger partial charge on any atom is -0.365 e. The van der Waals surface area contributed by atoms with Crippen LogP contribution in [0.1, 0.15) is 5.56 Å². The maximum Gasteiger partial charge on any atom is 0.293 e. The molecule has 140 valence electrons. The summed E-state index contributed by atoms with van der Waals surface area (Å²) in [6.45, 7) is 0.405. The third-order valence-electron chi connectivity index (χ3n) is 4.42. The van der Waals surface area contributed by atoms with Gasteiger partial charge in [-0.2, -0.15) is 5.10 Å². The highest BCUT2D eigenvalue weighted by Gasteiger charge is 2.20. The zero-order valence-electron chi connectivity index (χ0n) is 14.9. The van der Waals surface area contributed by atoms with Gasteiger partial charge in [0.05, 0.1) is 34.0 Å². The van der Waals surface area contributed by atoms with Crippen molar-refractivity contribution in [2.75, 3.05) is 11.9 Å². The van der Waals surface area contributed by atoms with Crippen molar-refractivity contribution < 1.29 is 4.92 Å². The van der Waals surface area contributed by atoms with Gasteiger partial charge >= 0.3 is 0 Å². The summed E-state index contributed by atoms with van der Waals surface area (Å²) in [6.07, 6.45) is 4.88. The van der Waals surface area contributed by atoms with Crippen LogP contribution in [-0.4, -0.2) is 31.7 Å². The van der Waals surface area contributed by atoms with Crippen molar-refractivity contribution >= 4 is 22.3 Å². The van der Waals surface area contributed by atoms with E-state index in [1.54, 1.807) is 28.9 Å². The van der Waals surface area contributed by atoms with Gasteiger partial charge in [0.25, 0.3) is 11.2 Å². The minimum atomic E-state index is -0.495. The highest BCUT2D eigenvalue weighted by atomic mass is 16.6. The van der Waals surface area contributed by atoms with Crippen molar-refractivity contribution in [3.63, 3.8) is 0 Å². The summed E-state index contributed by atoms with van der Waals surface area (Å²) in [4.78, 5) is 31.3. The lowest BCUT2D eigenvalue weighted by Crippen LogP contribution is -2.18. The summed E-state index contributed by atoms with van der Waals surface area (Å²) >= 11 is 0. The Morgan fingerprint density at radius 1 is 1.25 bits per heavy atom. The molecule has 0 spiro atoms. The third kappa shape index (κ3) is 3.20. The molecular weight excluding hydrogens is 360 g/mol. The van der Waals surface area contributed by atoms with Crippen molar-refractivity contribution in [2.45, 2.75) is 6.54 Å². The number of hydrogen-bond donors (Lipinski definition) is 1. The second-order valence-electron chi connectivity index (χ2n) is 6.33. The number of aromatic amines is 1. The molecule has 0 saturated heterocycles. The lowest BCUT2D eigenvalue weighted by atomic mass is 10.1. The predicted octanol–water partition coefficient (Wildman–Crippen LogP) is 2.65. The lowest BCUT2D eigenvalue weighted by Gasteiger charge is -2.18. The highest BCUT2D eigenvalue weighted by Crippen LogP contribution is 2.31. The first-order valence-corrected chi connectivity index (χ1v) is 8.49. The van der Waals surface area contributed by atoms with Crippen molar-refractivity contribution in [3.8, 4) is 5.69 Å². The fourth-order valence-corrected chi connectivity index (χ4v) is 3.07. The van der Waals surface area contributed by atoms with E-state index >= 15 is 0 Å². The molecule has 0 aliphatic carbocycles. The van der Waals surface area contributed by atoms with Crippen LogP contribution in [0.5, 0.6) is 0 Å². The van der Waals surface area contributed by atoms with Gasteiger partial charge in [-0.25, -0.2) is 9.67 Å². The maximum atomic E-state index is 11.9. The Morgan fingerprint density at radius 2 is 2.04 bits per heavy atom. The SMILES string of the molecule is CN(Cc1cnn(-c2ccccc2)c1)c1cc2nc[nH]c(=O)c2cc1[N+](=O)[O-]. The number of H-pyrrole nitrogens is 1. The van der Waals surface area contributed by atoms with Crippen LogP contribution in [0.3, 0.4) is 0 Å². The molecule has 1 N–H and O–H groups in total. The summed E-state index contributed by atoms with van der Waals surface area (Å²) < 4.78 is 1.75. The first-order valence-electron chi connectivity index (χ1n) is 8.49. The first-order chi connectivity index (χ1) is 13.5. The molecule has 0 radical (unpaired) electrons. The summed E-state index contributed by atoms with van der Waals surface area (Å²) in [5.41, 5.74) is 2.03. The molecule has 4 rings (SSSR count). The predicted molar refractivity (Wildman–Crippen MR) is 105 cm³/mol. The number of hydrogen-bond acceptors (Lipinski definition) is 6. The number of aromatic nitrogens is 4. The largest absolute Gasteiger partial charge is 0.365 e.